The minimum atomic E-state index is -0.940. The standard InChI is InChI=1S/C15H28N8O5/c1-8(22-11(25)5-4-10(16)24)14(28)21-7-12(26)23-9(13(17)27)3-2-6-20-15(18)19/h8-9H,2-7H2,1H3,(H2,16,24)(H2,17,27)(H,21,28)(H,22,25)(H,23,26)(H4,18,19,20). The third-order valence-corrected chi connectivity index (χ3v) is 3.42. The maximum Gasteiger partial charge on any atom is 0.242 e. The van der Waals surface area contributed by atoms with Gasteiger partial charge in [0.15, 0.2) is 5.96 Å². The SMILES string of the molecule is CC(NC(=O)CCC(N)=O)C(=O)NCC(=O)NC(CCCN=C(N)N)C(N)=O. The van der Waals surface area contributed by atoms with E-state index in [1.54, 1.807) is 0 Å². The molecular weight excluding hydrogens is 372 g/mol. The highest BCUT2D eigenvalue weighted by Crippen LogP contribution is 1.97. The van der Waals surface area contributed by atoms with Crippen molar-refractivity contribution in [3.05, 3.63) is 0 Å². The molecule has 0 aliphatic heterocycles. The van der Waals surface area contributed by atoms with Crippen LogP contribution in [0.1, 0.15) is 32.6 Å². The van der Waals surface area contributed by atoms with Gasteiger partial charge in [-0.1, -0.05) is 0 Å². The molecule has 0 rings (SSSR count). The molecule has 2 unspecified atom stereocenters. The lowest BCUT2D eigenvalue weighted by Gasteiger charge is -2.17. The van der Waals surface area contributed by atoms with Gasteiger partial charge in [-0.2, -0.15) is 0 Å². The van der Waals surface area contributed by atoms with Crippen LogP contribution in [0.3, 0.4) is 0 Å². The molecular formula is C15H28N8O5. The van der Waals surface area contributed by atoms with Crippen molar-refractivity contribution >= 4 is 35.5 Å². The largest absolute Gasteiger partial charge is 0.370 e. The Morgan fingerprint density at radius 2 is 1.57 bits per heavy atom. The van der Waals surface area contributed by atoms with E-state index in [1.165, 1.54) is 6.92 Å². The summed E-state index contributed by atoms with van der Waals surface area (Å²) in [7, 11) is 0. The maximum absolute atomic E-state index is 11.9. The third kappa shape index (κ3) is 12.1. The number of hydrogen-bond acceptors (Lipinski definition) is 6. The summed E-state index contributed by atoms with van der Waals surface area (Å²) < 4.78 is 0. The number of guanidine groups is 1. The number of nitrogens with one attached hydrogen (secondary N) is 3. The first-order valence-corrected chi connectivity index (χ1v) is 8.52. The van der Waals surface area contributed by atoms with Crippen molar-refractivity contribution < 1.29 is 24.0 Å². The number of carbonyl (C=O) groups is 5. The molecule has 0 spiro atoms. The fraction of sp³-hybridized carbons (Fsp3) is 0.600. The summed E-state index contributed by atoms with van der Waals surface area (Å²) in [5, 5.41) is 7.07. The highest BCUT2D eigenvalue weighted by atomic mass is 16.2. The summed E-state index contributed by atoms with van der Waals surface area (Å²) >= 11 is 0. The molecule has 0 saturated carbocycles. The molecule has 0 radical (unpaired) electrons. The number of nitrogens with two attached hydrogens (primary N) is 4. The van der Waals surface area contributed by atoms with Gasteiger partial charge >= 0.3 is 0 Å². The molecule has 28 heavy (non-hydrogen) atoms. The van der Waals surface area contributed by atoms with Crippen molar-refractivity contribution in [2.45, 2.75) is 44.7 Å². The average molecular weight is 400 g/mol. The van der Waals surface area contributed by atoms with Crippen LogP contribution in [0, 0.1) is 0 Å². The Balaban J connectivity index is 4.32. The van der Waals surface area contributed by atoms with E-state index in [4.69, 9.17) is 22.9 Å². The van der Waals surface area contributed by atoms with Gasteiger partial charge < -0.3 is 38.9 Å². The van der Waals surface area contributed by atoms with Crippen LogP contribution >= 0.6 is 0 Å². The Hall–Kier alpha value is -3.38. The topological polar surface area (TPSA) is 238 Å². The lowest BCUT2D eigenvalue weighted by Crippen LogP contribution is -2.50. The van der Waals surface area contributed by atoms with Crippen LogP contribution in [0.15, 0.2) is 4.99 Å². The van der Waals surface area contributed by atoms with Crippen molar-refractivity contribution in [1.29, 1.82) is 0 Å². The third-order valence-electron chi connectivity index (χ3n) is 3.42. The quantitative estimate of drug-likeness (QED) is 0.0914. The average Bonchev–Trinajstić information content (AvgIpc) is 2.59. The number of nitrogens with zero attached hydrogens (tertiary/aromatic N) is 1. The Labute approximate surface area is 162 Å². The van der Waals surface area contributed by atoms with Gasteiger partial charge in [0, 0.05) is 19.4 Å². The zero-order chi connectivity index (χ0) is 21.7. The van der Waals surface area contributed by atoms with E-state index in [-0.39, 0.29) is 31.8 Å². The Morgan fingerprint density at radius 1 is 0.929 bits per heavy atom. The molecule has 0 aliphatic rings. The van der Waals surface area contributed by atoms with E-state index in [9.17, 15) is 24.0 Å². The molecule has 0 aromatic rings. The molecule has 158 valence electrons. The monoisotopic (exact) mass is 400 g/mol. The highest BCUT2D eigenvalue weighted by Gasteiger charge is 2.20. The van der Waals surface area contributed by atoms with Crippen LogP contribution in [-0.4, -0.2) is 60.7 Å². The van der Waals surface area contributed by atoms with Crippen molar-refractivity contribution in [1.82, 2.24) is 16.0 Å². The van der Waals surface area contributed by atoms with Crippen molar-refractivity contribution in [3.63, 3.8) is 0 Å². The van der Waals surface area contributed by atoms with Crippen LogP contribution in [-0.2, 0) is 24.0 Å². The number of carbonyl (C=O) groups excluding carboxylic acids is 5. The van der Waals surface area contributed by atoms with Gasteiger partial charge in [-0.25, -0.2) is 0 Å². The van der Waals surface area contributed by atoms with Gasteiger partial charge in [0.2, 0.25) is 29.5 Å². The molecule has 13 nitrogen and oxygen atoms in total. The first kappa shape index (κ1) is 24.6. The van der Waals surface area contributed by atoms with Gasteiger partial charge in [-0.3, -0.25) is 29.0 Å². The van der Waals surface area contributed by atoms with Gasteiger partial charge in [-0.15, -0.1) is 0 Å². The Bertz CT molecular complexity index is 618. The fourth-order valence-electron chi connectivity index (χ4n) is 1.97. The first-order chi connectivity index (χ1) is 13.0. The Kier molecular flexibility index (Phi) is 11.3. The zero-order valence-corrected chi connectivity index (χ0v) is 15.7. The summed E-state index contributed by atoms with van der Waals surface area (Å²) in [4.78, 5) is 61.1. The van der Waals surface area contributed by atoms with Crippen LogP contribution in [0.5, 0.6) is 0 Å². The second kappa shape index (κ2) is 12.9. The molecule has 0 bridgehead atoms. The van der Waals surface area contributed by atoms with Crippen molar-refractivity contribution in [2.24, 2.45) is 27.9 Å². The second-order valence-electron chi connectivity index (χ2n) is 5.94. The normalized spacial score (nSPS) is 12.2. The molecule has 0 aliphatic carbocycles. The zero-order valence-electron chi connectivity index (χ0n) is 15.7. The maximum atomic E-state index is 11.9. The van der Waals surface area contributed by atoms with Crippen LogP contribution in [0.25, 0.3) is 0 Å². The van der Waals surface area contributed by atoms with Gasteiger partial charge in [0.05, 0.1) is 6.54 Å². The predicted octanol–water partition coefficient (Wildman–Crippen LogP) is -4.10. The van der Waals surface area contributed by atoms with Crippen LogP contribution in [0.4, 0.5) is 0 Å². The van der Waals surface area contributed by atoms with Crippen LogP contribution in [0.2, 0.25) is 0 Å². The lowest BCUT2D eigenvalue weighted by molar-refractivity contribution is -0.131. The summed E-state index contributed by atoms with van der Waals surface area (Å²) in [6, 6.07) is -1.87. The van der Waals surface area contributed by atoms with Crippen molar-refractivity contribution in [2.75, 3.05) is 13.1 Å². The van der Waals surface area contributed by atoms with E-state index < -0.39 is 48.2 Å². The molecule has 2 atom stereocenters. The number of primary amides is 2. The smallest absolute Gasteiger partial charge is 0.242 e. The number of amides is 5. The van der Waals surface area contributed by atoms with Crippen molar-refractivity contribution in [3.8, 4) is 0 Å². The van der Waals surface area contributed by atoms with Crippen LogP contribution < -0.4 is 38.9 Å². The molecule has 0 fully saturated rings. The first-order valence-electron chi connectivity index (χ1n) is 8.52. The van der Waals surface area contributed by atoms with E-state index in [0.717, 1.165) is 0 Å². The van der Waals surface area contributed by atoms with E-state index in [1.807, 2.05) is 0 Å². The molecule has 0 saturated heterocycles. The summed E-state index contributed by atoms with van der Waals surface area (Å²) in [6.45, 7) is 1.26. The van der Waals surface area contributed by atoms with E-state index in [2.05, 4.69) is 20.9 Å². The number of rotatable bonds is 13. The number of aliphatic imine (C=N–C) groups is 1. The lowest BCUT2D eigenvalue weighted by atomic mass is 10.1. The molecule has 0 aromatic heterocycles. The molecule has 0 aromatic carbocycles. The summed E-state index contributed by atoms with van der Waals surface area (Å²) in [5.74, 6) is -3.23. The highest BCUT2D eigenvalue weighted by molar-refractivity contribution is 5.92. The van der Waals surface area contributed by atoms with Gasteiger partial charge in [0.25, 0.3) is 0 Å². The molecule has 0 heterocycles. The van der Waals surface area contributed by atoms with E-state index in [0.29, 0.717) is 6.42 Å². The summed E-state index contributed by atoms with van der Waals surface area (Å²) in [6.07, 6.45) is 0.346. The molecule has 13 heteroatoms. The van der Waals surface area contributed by atoms with E-state index >= 15 is 0 Å². The van der Waals surface area contributed by atoms with Gasteiger partial charge in [0.1, 0.15) is 12.1 Å². The fourth-order valence-corrected chi connectivity index (χ4v) is 1.97. The minimum Gasteiger partial charge on any atom is -0.370 e. The minimum absolute atomic E-state index is 0.0850. The Morgan fingerprint density at radius 3 is 2.11 bits per heavy atom. The number of hydrogen-bond donors (Lipinski definition) is 7. The predicted molar refractivity (Wildman–Crippen MR) is 100 cm³/mol. The molecule has 11 N–H and O–H groups in total. The van der Waals surface area contributed by atoms with Gasteiger partial charge in [-0.05, 0) is 19.8 Å². The summed E-state index contributed by atoms with van der Waals surface area (Å²) in [5.41, 5.74) is 20.5. The molecule has 5 amide bonds. The second-order valence-corrected chi connectivity index (χ2v) is 5.94.